The Hall–Kier alpha value is -0.850. The molecule has 0 aliphatic rings. The molecule has 5 nitrogen and oxygen atoms in total. The highest BCUT2D eigenvalue weighted by molar-refractivity contribution is 9.10. The Labute approximate surface area is 120 Å². The van der Waals surface area contributed by atoms with Crippen molar-refractivity contribution in [3.05, 3.63) is 32.3 Å². The third-order valence-corrected chi connectivity index (χ3v) is 3.01. The summed E-state index contributed by atoms with van der Waals surface area (Å²) in [4.78, 5) is 10.1. The number of rotatable bonds is 5. The first-order valence-corrected chi connectivity index (χ1v) is 6.19. The minimum Gasteiger partial charge on any atom is -0.502 e. The number of benzene rings is 1. The van der Waals surface area contributed by atoms with Crippen LogP contribution in [0.25, 0.3) is 0 Å². The van der Waals surface area contributed by atoms with Crippen LogP contribution in [0, 0.1) is 10.1 Å². The fourth-order valence-corrected chi connectivity index (χ4v) is 2.07. The summed E-state index contributed by atoms with van der Waals surface area (Å²) in [7, 11) is 0. The molecule has 102 valence electrons. The van der Waals surface area contributed by atoms with Gasteiger partial charge in [-0.15, -0.1) is 12.4 Å². The monoisotopic (exact) mass is 338 g/mol. The number of nitro groups is 1. The maximum Gasteiger partial charge on any atom is 0.312 e. The average molecular weight is 340 g/mol. The SMILES string of the molecule is CCCC[C@@H](N)c1cc(Br)cc([N+](=O)[O-])c1O.Cl. The Morgan fingerprint density at radius 1 is 1.56 bits per heavy atom. The van der Waals surface area contributed by atoms with E-state index in [0.717, 1.165) is 12.8 Å². The van der Waals surface area contributed by atoms with Crippen LogP contribution in [-0.4, -0.2) is 10.0 Å². The van der Waals surface area contributed by atoms with Gasteiger partial charge in [0.2, 0.25) is 0 Å². The number of nitrogens with zero attached hydrogens (tertiary/aromatic N) is 1. The summed E-state index contributed by atoms with van der Waals surface area (Å²) >= 11 is 3.18. The molecule has 0 aliphatic carbocycles. The van der Waals surface area contributed by atoms with Crippen LogP contribution in [-0.2, 0) is 0 Å². The lowest BCUT2D eigenvalue weighted by molar-refractivity contribution is -0.386. The molecular formula is C11H16BrClN2O3. The molecule has 0 spiro atoms. The summed E-state index contributed by atoms with van der Waals surface area (Å²) in [5.74, 6) is -0.332. The molecule has 0 fully saturated rings. The van der Waals surface area contributed by atoms with E-state index in [1.807, 2.05) is 6.92 Å². The van der Waals surface area contributed by atoms with Crippen molar-refractivity contribution in [2.75, 3.05) is 0 Å². The smallest absolute Gasteiger partial charge is 0.312 e. The van der Waals surface area contributed by atoms with Gasteiger partial charge < -0.3 is 10.8 Å². The minimum absolute atomic E-state index is 0. The zero-order chi connectivity index (χ0) is 13.0. The van der Waals surface area contributed by atoms with Gasteiger partial charge in [-0.2, -0.15) is 0 Å². The lowest BCUT2D eigenvalue weighted by Gasteiger charge is -2.13. The third kappa shape index (κ3) is 4.12. The molecule has 0 radical (unpaired) electrons. The topological polar surface area (TPSA) is 89.4 Å². The van der Waals surface area contributed by atoms with Gasteiger partial charge in [-0.3, -0.25) is 10.1 Å². The molecule has 0 saturated heterocycles. The van der Waals surface area contributed by atoms with Gasteiger partial charge in [0.15, 0.2) is 5.75 Å². The van der Waals surface area contributed by atoms with Gasteiger partial charge in [0.05, 0.1) is 4.92 Å². The summed E-state index contributed by atoms with van der Waals surface area (Å²) in [5, 5.41) is 20.6. The van der Waals surface area contributed by atoms with Gasteiger partial charge in [-0.05, 0) is 12.5 Å². The number of unbranched alkanes of at least 4 members (excludes halogenated alkanes) is 1. The van der Waals surface area contributed by atoms with Crippen molar-refractivity contribution in [3.8, 4) is 5.75 Å². The summed E-state index contributed by atoms with van der Waals surface area (Å²) in [6, 6.07) is 2.51. The standard InChI is InChI=1S/C11H15BrN2O3.ClH/c1-2-3-4-9(13)8-5-7(12)6-10(11(8)15)14(16)17;/h5-6,9,15H,2-4,13H2,1H3;1H/t9-;/m1./s1. The maximum absolute atomic E-state index is 10.7. The van der Waals surface area contributed by atoms with Crippen LogP contribution in [0.1, 0.15) is 37.8 Å². The summed E-state index contributed by atoms with van der Waals surface area (Å²) < 4.78 is 0.545. The highest BCUT2D eigenvalue weighted by Gasteiger charge is 2.21. The van der Waals surface area contributed by atoms with Crippen LogP contribution in [0.4, 0.5) is 5.69 Å². The molecule has 0 amide bonds. The third-order valence-electron chi connectivity index (χ3n) is 2.55. The van der Waals surface area contributed by atoms with Crippen molar-refractivity contribution in [1.29, 1.82) is 0 Å². The number of hydrogen-bond donors (Lipinski definition) is 2. The zero-order valence-electron chi connectivity index (χ0n) is 9.93. The predicted molar refractivity (Wildman–Crippen MR) is 76.2 cm³/mol. The van der Waals surface area contributed by atoms with E-state index >= 15 is 0 Å². The van der Waals surface area contributed by atoms with E-state index < -0.39 is 4.92 Å². The van der Waals surface area contributed by atoms with Crippen molar-refractivity contribution < 1.29 is 10.0 Å². The molecule has 1 aromatic carbocycles. The van der Waals surface area contributed by atoms with Crippen molar-refractivity contribution in [3.63, 3.8) is 0 Å². The van der Waals surface area contributed by atoms with Crippen LogP contribution in [0.3, 0.4) is 0 Å². The molecule has 7 heteroatoms. The Morgan fingerprint density at radius 3 is 2.67 bits per heavy atom. The van der Waals surface area contributed by atoms with Crippen LogP contribution < -0.4 is 5.73 Å². The predicted octanol–water partition coefficient (Wildman–Crippen LogP) is 3.67. The molecule has 1 rings (SSSR count). The first-order valence-electron chi connectivity index (χ1n) is 5.39. The number of hydrogen-bond acceptors (Lipinski definition) is 4. The van der Waals surface area contributed by atoms with E-state index in [0.29, 0.717) is 16.5 Å². The number of nitrogens with two attached hydrogens (primary N) is 1. The van der Waals surface area contributed by atoms with Gasteiger partial charge >= 0.3 is 5.69 Å². The first-order chi connectivity index (χ1) is 7.97. The number of halogens is 2. The quantitative estimate of drug-likeness (QED) is 0.632. The lowest BCUT2D eigenvalue weighted by atomic mass is 10.0. The molecule has 0 unspecified atom stereocenters. The molecule has 3 N–H and O–H groups in total. The molecule has 18 heavy (non-hydrogen) atoms. The molecule has 1 aromatic rings. The summed E-state index contributed by atoms with van der Waals surface area (Å²) in [5.41, 5.74) is 6.01. The number of phenolic OH excluding ortho intramolecular Hbond substituents is 1. The van der Waals surface area contributed by atoms with Gasteiger partial charge in [0.25, 0.3) is 0 Å². The average Bonchev–Trinajstić information content (AvgIpc) is 2.28. The molecule has 0 saturated carbocycles. The maximum atomic E-state index is 10.7. The zero-order valence-corrected chi connectivity index (χ0v) is 12.3. The fourth-order valence-electron chi connectivity index (χ4n) is 1.61. The van der Waals surface area contributed by atoms with E-state index in [2.05, 4.69) is 15.9 Å². The molecule has 0 aliphatic heterocycles. The van der Waals surface area contributed by atoms with E-state index in [-0.39, 0.29) is 29.9 Å². The fraction of sp³-hybridized carbons (Fsp3) is 0.455. The number of nitro benzene ring substituents is 1. The highest BCUT2D eigenvalue weighted by Crippen LogP contribution is 2.37. The van der Waals surface area contributed by atoms with Crippen molar-refractivity contribution >= 4 is 34.0 Å². The van der Waals surface area contributed by atoms with Crippen LogP contribution in [0.5, 0.6) is 5.75 Å². The molecule has 0 bridgehead atoms. The number of phenols is 1. The van der Waals surface area contributed by atoms with Gasteiger partial charge in [-0.1, -0.05) is 35.7 Å². The Bertz CT molecular complexity index is 429. The number of aromatic hydroxyl groups is 1. The molecule has 0 heterocycles. The van der Waals surface area contributed by atoms with Crippen LogP contribution in [0.2, 0.25) is 0 Å². The van der Waals surface area contributed by atoms with Gasteiger partial charge in [0.1, 0.15) is 0 Å². The van der Waals surface area contributed by atoms with Crippen molar-refractivity contribution in [1.82, 2.24) is 0 Å². The van der Waals surface area contributed by atoms with Crippen LogP contribution in [0.15, 0.2) is 16.6 Å². The van der Waals surface area contributed by atoms with E-state index in [1.54, 1.807) is 6.07 Å². The lowest BCUT2D eigenvalue weighted by Crippen LogP contribution is -2.11. The van der Waals surface area contributed by atoms with Crippen molar-refractivity contribution in [2.45, 2.75) is 32.2 Å². The second-order valence-corrected chi connectivity index (χ2v) is 4.78. The minimum atomic E-state index is -0.615. The van der Waals surface area contributed by atoms with E-state index in [9.17, 15) is 15.2 Å². The Kier molecular flexibility index (Phi) is 7.20. The van der Waals surface area contributed by atoms with Gasteiger partial charge in [0, 0.05) is 22.1 Å². The van der Waals surface area contributed by atoms with E-state index in [1.165, 1.54) is 6.07 Å². The Morgan fingerprint density at radius 2 is 2.17 bits per heavy atom. The Balaban J connectivity index is 0.00000289. The molecule has 1 atom stereocenters. The van der Waals surface area contributed by atoms with Crippen molar-refractivity contribution in [2.24, 2.45) is 5.73 Å². The normalized spacial score (nSPS) is 11.7. The van der Waals surface area contributed by atoms with E-state index in [4.69, 9.17) is 5.73 Å². The van der Waals surface area contributed by atoms with Gasteiger partial charge in [-0.25, -0.2) is 0 Å². The van der Waals surface area contributed by atoms with Crippen LogP contribution >= 0.6 is 28.3 Å². The second kappa shape index (κ2) is 7.56. The highest BCUT2D eigenvalue weighted by atomic mass is 79.9. The molecule has 0 aromatic heterocycles. The first kappa shape index (κ1) is 17.2. The largest absolute Gasteiger partial charge is 0.502 e. The summed E-state index contributed by atoms with van der Waals surface area (Å²) in [6.07, 6.45) is 2.60. The molecular weight excluding hydrogens is 323 g/mol. The summed E-state index contributed by atoms with van der Waals surface area (Å²) in [6.45, 7) is 2.04. The second-order valence-electron chi connectivity index (χ2n) is 3.87.